The number of nitrogens with two attached hydrogens (primary N) is 1. The van der Waals surface area contributed by atoms with Gasteiger partial charge in [-0.25, -0.2) is 10.4 Å². The topological polar surface area (TPSA) is 58.4 Å². The largest absolute Gasteiger partial charge is 0.399 e. The van der Waals surface area contributed by atoms with Crippen molar-refractivity contribution in [1.29, 1.82) is 0 Å². The normalized spacial score (nSPS) is 21.6. The van der Waals surface area contributed by atoms with Gasteiger partial charge < -0.3 is 5.73 Å². The summed E-state index contributed by atoms with van der Waals surface area (Å²) in [5.41, 5.74) is 10.2. The number of carbonyl (C=O) groups is 1. The van der Waals surface area contributed by atoms with E-state index >= 15 is 0 Å². The fraction of sp³-hybridized carbons (Fsp3) is 0.300. The summed E-state index contributed by atoms with van der Waals surface area (Å²) in [5, 5.41) is 1.56. The number of hydrazine groups is 1. The molecule has 0 aromatic heterocycles. The van der Waals surface area contributed by atoms with E-state index in [1.54, 1.807) is 17.1 Å². The maximum Gasteiger partial charge on any atom is 0.242 e. The molecule has 1 amide bonds. The monoisotopic (exact) mass is 191 g/mol. The zero-order valence-corrected chi connectivity index (χ0v) is 8.03. The van der Waals surface area contributed by atoms with Crippen molar-refractivity contribution in [3.63, 3.8) is 0 Å². The molecule has 74 valence electrons. The molecule has 3 N–H and O–H groups in total. The molecule has 1 aliphatic heterocycles. The van der Waals surface area contributed by atoms with Gasteiger partial charge in [-0.15, -0.1) is 0 Å². The zero-order chi connectivity index (χ0) is 10.1. The van der Waals surface area contributed by atoms with Crippen LogP contribution >= 0.6 is 0 Å². The van der Waals surface area contributed by atoms with Gasteiger partial charge in [0.05, 0.1) is 5.69 Å². The van der Waals surface area contributed by atoms with Crippen LogP contribution in [0.4, 0.5) is 11.4 Å². The first-order valence-electron chi connectivity index (χ1n) is 4.61. The predicted octanol–water partition coefficient (Wildman–Crippen LogP) is 0.899. The second-order valence-electron chi connectivity index (χ2n) is 3.56. The Balaban J connectivity index is 2.27. The fourth-order valence-electron chi connectivity index (χ4n) is 1.57. The van der Waals surface area contributed by atoms with E-state index in [-0.39, 0.29) is 11.9 Å². The number of benzene rings is 1. The highest BCUT2D eigenvalue weighted by Gasteiger charge is 2.26. The van der Waals surface area contributed by atoms with Gasteiger partial charge in [-0.3, -0.25) is 4.79 Å². The molecule has 4 nitrogen and oxygen atoms in total. The molecule has 0 bridgehead atoms. The van der Waals surface area contributed by atoms with Crippen LogP contribution in [0, 0.1) is 0 Å². The third-order valence-corrected chi connectivity index (χ3v) is 2.21. The summed E-state index contributed by atoms with van der Waals surface area (Å²) >= 11 is 0. The van der Waals surface area contributed by atoms with Crippen molar-refractivity contribution in [1.82, 2.24) is 5.43 Å². The first-order valence-corrected chi connectivity index (χ1v) is 4.61. The van der Waals surface area contributed by atoms with Crippen LogP contribution < -0.4 is 16.2 Å². The fourth-order valence-corrected chi connectivity index (χ4v) is 1.57. The number of nitrogens with one attached hydrogen (secondary N) is 1. The number of nitrogens with zero attached hydrogens (tertiary/aromatic N) is 1. The molecule has 2 rings (SSSR count). The number of amides is 1. The highest BCUT2D eigenvalue weighted by molar-refractivity contribution is 5.95. The Morgan fingerprint density at radius 1 is 1.57 bits per heavy atom. The lowest BCUT2D eigenvalue weighted by Crippen LogP contribution is -2.36. The summed E-state index contributed by atoms with van der Waals surface area (Å²) in [6, 6.07) is 7.47. The maximum atomic E-state index is 11.5. The Hall–Kier alpha value is -1.55. The van der Waals surface area contributed by atoms with E-state index < -0.39 is 0 Å². The molecule has 1 atom stereocenters. The number of anilines is 2. The molecule has 0 spiro atoms. The van der Waals surface area contributed by atoms with Crippen molar-refractivity contribution in [3.8, 4) is 0 Å². The van der Waals surface area contributed by atoms with Crippen molar-refractivity contribution in [2.75, 3.05) is 10.7 Å². The molecule has 14 heavy (non-hydrogen) atoms. The van der Waals surface area contributed by atoms with Gasteiger partial charge in [0, 0.05) is 18.2 Å². The van der Waals surface area contributed by atoms with Crippen molar-refractivity contribution in [3.05, 3.63) is 24.3 Å². The van der Waals surface area contributed by atoms with Crippen molar-refractivity contribution in [2.24, 2.45) is 0 Å². The standard InChI is InChI=1S/C10H13N3O/c1-7-5-10(14)13(12-7)9-4-2-3-8(11)6-9/h2-4,6-7,12H,5,11H2,1H3/t7-/m0/s1. The quantitative estimate of drug-likeness (QED) is 0.648. The van der Waals surface area contributed by atoms with Gasteiger partial charge in [-0.1, -0.05) is 6.07 Å². The lowest BCUT2D eigenvalue weighted by Gasteiger charge is -2.16. The van der Waals surface area contributed by atoms with Crippen LogP contribution in [0.25, 0.3) is 0 Å². The molecular weight excluding hydrogens is 178 g/mol. The Morgan fingerprint density at radius 3 is 2.93 bits per heavy atom. The van der Waals surface area contributed by atoms with Gasteiger partial charge in [0.2, 0.25) is 5.91 Å². The average molecular weight is 191 g/mol. The molecule has 1 aromatic rings. The number of hydrogen-bond acceptors (Lipinski definition) is 3. The summed E-state index contributed by atoms with van der Waals surface area (Å²) in [5.74, 6) is 0.0862. The van der Waals surface area contributed by atoms with Crippen LogP contribution in [0.15, 0.2) is 24.3 Å². The van der Waals surface area contributed by atoms with Gasteiger partial charge >= 0.3 is 0 Å². The number of nitrogen functional groups attached to an aromatic ring is 1. The Labute approximate surface area is 82.7 Å². The molecular formula is C10H13N3O. The van der Waals surface area contributed by atoms with E-state index in [9.17, 15) is 4.79 Å². The molecule has 1 aliphatic rings. The summed E-state index contributed by atoms with van der Waals surface area (Å²) in [6.07, 6.45) is 0.537. The first kappa shape index (κ1) is 9.02. The highest BCUT2D eigenvalue weighted by atomic mass is 16.2. The summed E-state index contributed by atoms with van der Waals surface area (Å²) in [6.45, 7) is 1.98. The van der Waals surface area contributed by atoms with E-state index in [0.717, 1.165) is 5.69 Å². The molecule has 0 radical (unpaired) electrons. The van der Waals surface area contributed by atoms with Gasteiger partial charge in [0.15, 0.2) is 0 Å². The molecule has 0 aliphatic carbocycles. The Morgan fingerprint density at radius 2 is 2.36 bits per heavy atom. The van der Waals surface area contributed by atoms with Crippen LogP contribution in [-0.2, 0) is 4.79 Å². The van der Waals surface area contributed by atoms with Gasteiger partial charge in [0.25, 0.3) is 0 Å². The third kappa shape index (κ3) is 1.56. The first-order chi connectivity index (χ1) is 6.66. The summed E-state index contributed by atoms with van der Waals surface area (Å²) < 4.78 is 0. The minimum Gasteiger partial charge on any atom is -0.399 e. The van der Waals surface area contributed by atoms with Crippen LogP contribution in [0.5, 0.6) is 0 Å². The lowest BCUT2D eigenvalue weighted by atomic mass is 10.2. The van der Waals surface area contributed by atoms with Crippen molar-refractivity contribution in [2.45, 2.75) is 19.4 Å². The van der Waals surface area contributed by atoms with Gasteiger partial charge in [-0.2, -0.15) is 0 Å². The maximum absolute atomic E-state index is 11.5. The van der Waals surface area contributed by atoms with Crippen molar-refractivity contribution < 1.29 is 4.79 Å². The minimum atomic E-state index is 0.0862. The second-order valence-corrected chi connectivity index (χ2v) is 3.56. The van der Waals surface area contributed by atoms with Crippen LogP contribution in [-0.4, -0.2) is 11.9 Å². The average Bonchev–Trinajstić information content (AvgIpc) is 2.45. The van der Waals surface area contributed by atoms with E-state index in [1.165, 1.54) is 0 Å². The SMILES string of the molecule is C[C@H]1CC(=O)N(c2cccc(N)c2)N1. The molecule has 1 aromatic carbocycles. The van der Waals surface area contributed by atoms with E-state index in [0.29, 0.717) is 12.1 Å². The van der Waals surface area contributed by atoms with E-state index in [4.69, 9.17) is 5.73 Å². The lowest BCUT2D eigenvalue weighted by molar-refractivity contribution is -0.117. The predicted molar refractivity (Wildman–Crippen MR) is 55.6 cm³/mol. The molecule has 4 heteroatoms. The van der Waals surface area contributed by atoms with Crippen LogP contribution in [0.2, 0.25) is 0 Å². The third-order valence-electron chi connectivity index (χ3n) is 2.21. The molecule has 0 unspecified atom stereocenters. The number of hydrogen-bond donors (Lipinski definition) is 2. The Bertz CT molecular complexity index is 364. The van der Waals surface area contributed by atoms with Gasteiger partial charge in [0.1, 0.15) is 0 Å². The smallest absolute Gasteiger partial charge is 0.242 e. The zero-order valence-electron chi connectivity index (χ0n) is 8.03. The molecule has 0 saturated carbocycles. The van der Waals surface area contributed by atoms with E-state index in [1.807, 2.05) is 19.1 Å². The van der Waals surface area contributed by atoms with Crippen LogP contribution in [0.3, 0.4) is 0 Å². The number of carbonyl (C=O) groups excluding carboxylic acids is 1. The molecule has 1 saturated heterocycles. The highest BCUT2D eigenvalue weighted by Crippen LogP contribution is 2.20. The van der Waals surface area contributed by atoms with E-state index in [2.05, 4.69) is 5.43 Å². The molecule has 1 fully saturated rings. The van der Waals surface area contributed by atoms with Crippen LogP contribution in [0.1, 0.15) is 13.3 Å². The molecule has 1 heterocycles. The second kappa shape index (κ2) is 3.31. The minimum absolute atomic E-state index is 0.0862. The van der Waals surface area contributed by atoms with Crippen molar-refractivity contribution >= 4 is 17.3 Å². The van der Waals surface area contributed by atoms with Gasteiger partial charge in [-0.05, 0) is 25.1 Å². The summed E-state index contributed by atoms with van der Waals surface area (Å²) in [7, 11) is 0. The summed E-state index contributed by atoms with van der Waals surface area (Å²) in [4.78, 5) is 11.5. The Kier molecular flexibility index (Phi) is 2.13. The number of rotatable bonds is 1.